The van der Waals surface area contributed by atoms with E-state index in [0.717, 1.165) is 0 Å². The Labute approximate surface area is 128 Å². The van der Waals surface area contributed by atoms with E-state index in [1.165, 1.54) is 7.11 Å². The predicted molar refractivity (Wildman–Crippen MR) is 79.7 cm³/mol. The summed E-state index contributed by atoms with van der Waals surface area (Å²) in [5.74, 6) is 0.682. The molecule has 2 aromatic heterocycles. The van der Waals surface area contributed by atoms with Crippen molar-refractivity contribution in [2.24, 2.45) is 0 Å². The second-order valence-corrected chi connectivity index (χ2v) is 5.24. The first-order chi connectivity index (χ1) is 9.99. The number of fused-ring (bicyclic) bond motifs is 1. The monoisotopic (exact) mass is 311 g/mol. The van der Waals surface area contributed by atoms with Crippen molar-refractivity contribution in [3.8, 4) is 5.88 Å². The first-order valence-electron chi connectivity index (χ1n) is 6.73. The van der Waals surface area contributed by atoms with E-state index < -0.39 is 6.04 Å². The summed E-state index contributed by atoms with van der Waals surface area (Å²) in [6.45, 7) is 5.62. The van der Waals surface area contributed by atoms with Crippen molar-refractivity contribution in [3.63, 3.8) is 0 Å². The molecular formula is C14H18ClN3O3. The highest BCUT2D eigenvalue weighted by Gasteiger charge is 2.25. The molecule has 2 aromatic rings. The van der Waals surface area contributed by atoms with Crippen LogP contribution in [0.2, 0.25) is 0 Å². The molecule has 7 heteroatoms. The van der Waals surface area contributed by atoms with Crippen LogP contribution in [-0.2, 0) is 9.53 Å². The molecule has 0 amide bonds. The Hall–Kier alpha value is -1.82. The van der Waals surface area contributed by atoms with Crippen LogP contribution in [0.3, 0.4) is 0 Å². The fourth-order valence-corrected chi connectivity index (χ4v) is 2.27. The maximum atomic E-state index is 12.0. The number of carbonyl (C=O) groups is 1. The number of imidazole rings is 1. The average molecular weight is 312 g/mol. The van der Waals surface area contributed by atoms with Crippen LogP contribution in [-0.4, -0.2) is 34.2 Å². The van der Waals surface area contributed by atoms with E-state index in [4.69, 9.17) is 21.1 Å². The molecule has 0 fully saturated rings. The summed E-state index contributed by atoms with van der Waals surface area (Å²) in [5, 5.41) is -0.359. The highest BCUT2D eigenvalue weighted by atomic mass is 35.5. The third-order valence-corrected chi connectivity index (χ3v) is 3.31. The number of halogens is 1. The molecule has 2 rings (SSSR count). The Morgan fingerprint density at radius 1 is 1.38 bits per heavy atom. The van der Waals surface area contributed by atoms with Gasteiger partial charge in [0.05, 0.1) is 19.1 Å². The van der Waals surface area contributed by atoms with Gasteiger partial charge in [-0.15, -0.1) is 11.6 Å². The lowest BCUT2D eigenvalue weighted by molar-refractivity contribution is -0.146. The van der Waals surface area contributed by atoms with Crippen LogP contribution in [0.5, 0.6) is 5.88 Å². The first-order valence-corrected chi connectivity index (χ1v) is 7.16. The van der Waals surface area contributed by atoms with Crippen molar-refractivity contribution in [1.29, 1.82) is 0 Å². The number of nitrogens with zero attached hydrogens (tertiary/aromatic N) is 3. The number of rotatable bonds is 5. The van der Waals surface area contributed by atoms with Crippen LogP contribution >= 0.6 is 11.6 Å². The molecule has 6 nitrogen and oxygen atoms in total. The van der Waals surface area contributed by atoms with Gasteiger partial charge in [0.25, 0.3) is 0 Å². The average Bonchev–Trinajstić information content (AvgIpc) is 2.85. The number of aromatic nitrogens is 3. The molecule has 0 aliphatic carbocycles. The normalized spacial score (nSPS) is 14.0. The smallest absolute Gasteiger partial charge is 0.328 e. The van der Waals surface area contributed by atoms with Gasteiger partial charge in [-0.1, -0.05) is 0 Å². The third kappa shape index (κ3) is 2.95. The molecule has 0 aliphatic rings. The Bertz CT molecular complexity index is 654. The number of hydrogen-bond acceptors (Lipinski definition) is 5. The zero-order valence-electron chi connectivity index (χ0n) is 12.5. The maximum Gasteiger partial charge on any atom is 0.328 e. The van der Waals surface area contributed by atoms with Crippen LogP contribution in [0.1, 0.15) is 38.0 Å². The minimum atomic E-state index is -0.564. The minimum absolute atomic E-state index is 0.318. The van der Waals surface area contributed by atoms with Crippen molar-refractivity contribution in [3.05, 3.63) is 18.0 Å². The molecule has 0 spiro atoms. The molecule has 0 aromatic carbocycles. The molecule has 114 valence electrons. The van der Waals surface area contributed by atoms with Crippen molar-refractivity contribution in [1.82, 2.24) is 14.5 Å². The molecule has 0 radical (unpaired) electrons. The molecule has 0 aliphatic heterocycles. The molecular weight excluding hydrogens is 294 g/mol. The number of methoxy groups -OCH3 is 1. The Balaban J connectivity index is 2.61. The highest BCUT2D eigenvalue weighted by Crippen LogP contribution is 2.28. The second-order valence-electron chi connectivity index (χ2n) is 4.58. The van der Waals surface area contributed by atoms with Gasteiger partial charge < -0.3 is 9.47 Å². The van der Waals surface area contributed by atoms with Gasteiger partial charge in [0.1, 0.15) is 17.4 Å². The fourth-order valence-electron chi connectivity index (χ4n) is 2.12. The number of ether oxygens (including phenoxy) is 2. The summed E-state index contributed by atoms with van der Waals surface area (Å²) >= 11 is 6.18. The third-order valence-electron chi connectivity index (χ3n) is 3.12. The first kappa shape index (κ1) is 15.6. The van der Waals surface area contributed by atoms with Crippen molar-refractivity contribution < 1.29 is 14.3 Å². The standard InChI is InChI=1S/C14H18ClN3O3/c1-5-21-14(19)9(3)18-12(8(2)15)16-10-6-7-11(20-4)17-13(10)18/h6-9H,5H2,1-4H3. The number of hydrogen-bond donors (Lipinski definition) is 0. The van der Waals surface area contributed by atoms with E-state index in [9.17, 15) is 4.79 Å². The van der Waals surface area contributed by atoms with Gasteiger partial charge >= 0.3 is 5.97 Å². The van der Waals surface area contributed by atoms with Gasteiger partial charge in [0, 0.05) is 6.07 Å². The Kier molecular flexibility index (Phi) is 4.67. The lowest BCUT2D eigenvalue weighted by Crippen LogP contribution is -2.21. The number of esters is 1. The van der Waals surface area contributed by atoms with Gasteiger partial charge in [-0.05, 0) is 26.8 Å². The summed E-state index contributed by atoms with van der Waals surface area (Å²) in [6, 6.07) is 2.95. The number of alkyl halides is 1. The van der Waals surface area contributed by atoms with Gasteiger partial charge in [-0.3, -0.25) is 4.57 Å². The quantitative estimate of drug-likeness (QED) is 0.627. The summed E-state index contributed by atoms with van der Waals surface area (Å²) in [5.41, 5.74) is 1.21. The predicted octanol–water partition coefficient (Wildman–Crippen LogP) is 2.86. The Morgan fingerprint density at radius 2 is 2.10 bits per heavy atom. The topological polar surface area (TPSA) is 66.2 Å². The zero-order valence-corrected chi connectivity index (χ0v) is 13.2. The summed E-state index contributed by atoms with van der Waals surface area (Å²) in [7, 11) is 1.54. The van der Waals surface area contributed by atoms with Gasteiger partial charge in [-0.25, -0.2) is 9.78 Å². The Morgan fingerprint density at radius 3 is 2.67 bits per heavy atom. The number of carbonyl (C=O) groups excluding carboxylic acids is 1. The van der Waals surface area contributed by atoms with Crippen LogP contribution in [0.25, 0.3) is 11.2 Å². The zero-order chi connectivity index (χ0) is 15.6. The van der Waals surface area contributed by atoms with Crippen LogP contribution in [0.4, 0.5) is 0 Å². The molecule has 2 heterocycles. The molecule has 21 heavy (non-hydrogen) atoms. The van der Waals surface area contributed by atoms with Crippen molar-refractivity contribution >= 4 is 28.7 Å². The number of pyridine rings is 1. The summed E-state index contributed by atoms with van der Waals surface area (Å²) in [4.78, 5) is 20.9. The van der Waals surface area contributed by atoms with E-state index in [2.05, 4.69) is 9.97 Å². The lowest BCUT2D eigenvalue weighted by Gasteiger charge is -2.16. The second kappa shape index (κ2) is 6.30. The van der Waals surface area contributed by atoms with E-state index >= 15 is 0 Å². The van der Waals surface area contributed by atoms with Crippen LogP contribution < -0.4 is 4.74 Å². The van der Waals surface area contributed by atoms with Gasteiger partial charge in [0.2, 0.25) is 5.88 Å². The van der Waals surface area contributed by atoms with Gasteiger partial charge in [0.15, 0.2) is 5.65 Å². The summed E-state index contributed by atoms with van der Waals surface area (Å²) < 4.78 is 11.9. The van der Waals surface area contributed by atoms with E-state index in [-0.39, 0.29) is 11.3 Å². The molecule has 0 bridgehead atoms. The molecule has 2 unspecified atom stereocenters. The maximum absolute atomic E-state index is 12.0. The molecule has 0 saturated carbocycles. The SMILES string of the molecule is CCOC(=O)C(C)n1c(C(C)Cl)nc2ccc(OC)nc21. The van der Waals surface area contributed by atoms with Crippen molar-refractivity contribution in [2.45, 2.75) is 32.2 Å². The molecule has 0 saturated heterocycles. The van der Waals surface area contributed by atoms with Crippen LogP contribution in [0, 0.1) is 0 Å². The lowest BCUT2D eigenvalue weighted by atomic mass is 10.3. The van der Waals surface area contributed by atoms with Crippen molar-refractivity contribution in [2.75, 3.05) is 13.7 Å². The van der Waals surface area contributed by atoms with E-state index in [1.54, 1.807) is 37.5 Å². The fraction of sp³-hybridized carbons (Fsp3) is 0.500. The molecule has 0 N–H and O–H groups in total. The molecule has 2 atom stereocenters. The largest absolute Gasteiger partial charge is 0.481 e. The summed E-state index contributed by atoms with van der Waals surface area (Å²) in [6.07, 6.45) is 0. The minimum Gasteiger partial charge on any atom is -0.481 e. The highest BCUT2D eigenvalue weighted by molar-refractivity contribution is 6.20. The van der Waals surface area contributed by atoms with E-state index in [1.807, 2.05) is 0 Å². The van der Waals surface area contributed by atoms with E-state index in [0.29, 0.717) is 29.5 Å². The van der Waals surface area contributed by atoms with Crippen LogP contribution in [0.15, 0.2) is 12.1 Å². The van der Waals surface area contributed by atoms with Gasteiger partial charge in [-0.2, -0.15) is 4.98 Å².